The minimum Gasteiger partial charge on any atom is -0.299 e. The number of thiazole rings is 1. The van der Waals surface area contributed by atoms with E-state index < -0.39 is 0 Å². The van der Waals surface area contributed by atoms with E-state index in [2.05, 4.69) is 10.1 Å². The molecule has 0 aliphatic carbocycles. The number of aromatic nitrogens is 3. The zero-order valence-electron chi connectivity index (χ0n) is 9.30. The second-order valence-corrected chi connectivity index (χ2v) is 4.83. The summed E-state index contributed by atoms with van der Waals surface area (Å²) in [5, 5.41) is 6.98. The van der Waals surface area contributed by atoms with Gasteiger partial charge in [-0.25, -0.2) is 4.98 Å². The number of aryl methyl sites for hydroxylation is 2. The van der Waals surface area contributed by atoms with E-state index in [1.54, 1.807) is 22.2 Å². The Kier molecular flexibility index (Phi) is 3.14. The van der Waals surface area contributed by atoms with Crippen LogP contribution in [0.3, 0.4) is 0 Å². The van der Waals surface area contributed by atoms with Crippen molar-refractivity contribution >= 4 is 17.1 Å². The van der Waals surface area contributed by atoms with Crippen molar-refractivity contribution in [2.45, 2.75) is 19.8 Å². The molecule has 0 unspecified atom stereocenters. The lowest BCUT2D eigenvalue weighted by molar-refractivity contribution is -0.117. The summed E-state index contributed by atoms with van der Waals surface area (Å²) in [5.41, 5.74) is 1.83. The molecule has 0 aromatic carbocycles. The molecule has 5 heteroatoms. The quantitative estimate of drug-likeness (QED) is 0.807. The second-order valence-electron chi connectivity index (χ2n) is 3.77. The Labute approximate surface area is 97.9 Å². The van der Waals surface area contributed by atoms with Crippen molar-refractivity contribution in [3.8, 4) is 0 Å². The average Bonchev–Trinajstić information content (AvgIpc) is 2.76. The molecule has 2 rings (SSSR count). The molecule has 0 spiro atoms. The number of carbonyl (C=O) groups is 1. The molecular formula is C11H13N3OS. The number of hydrogen-bond acceptors (Lipinski definition) is 4. The normalized spacial score (nSPS) is 10.6. The third-order valence-corrected chi connectivity index (χ3v) is 3.03. The third kappa shape index (κ3) is 2.76. The monoisotopic (exact) mass is 235 g/mol. The van der Waals surface area contributed by atoms with Crippen molar-refractivity contribution in [1.29, 1.82) is 0 Å². The van der Waals surface area contributed by atoms with E-state index in [1.165, 1.54) is 0 Å². The number of carbonyl (C=O) groups excluding carboxylic acids is 1. The third-order valence-electron chi connectivity index (χ3n) is 2.20. The molecule has 16 heavy (non-hydrogen) atoms. The van der Waals surface area contributed by atoms with E-state index in [9.17, 15) is 4.79 Å². The molecule has 0 fully saturated rings. The Hall–Kier alpha value is -1.49. The van der Waals surface area contributed by atoms with Gasteiger partial charge < -0.3 is 0 Å². The molecule has 84 valence electrons. The lowest BCUT2D eigenvalue weighted by Crippen LogP contribution is -2.06. The van der Waals surface area contributed by atoms with Crippen LogP contribution in [0.2, 0.25) is 0 Å². The van der Waals surface area contributed by atoms with Crippen molar-refractivity contribution in [3.05, 3.63) is 34.0 Å². The summed E-state index contributed by atoms with van der Waals surface area (Å²) in [5.74, 6) is 0.179. The largest absolute Gasteiger partial charge is 0.299 e. The fourth-order valence-corrected chi connectivity index (χ4v) is 2.16. The van der Waals surface area contributed by atoms with Crippen LogP contribution in [0.5, 0.6) is 0 Å². The number of Topliss-reactive ketones (excluding diaryl/α,β-unsaturated/α-hetero) is 1. The lowest BCUT2D eigenvalue weighted by atomic mass is 10.1. The van der Waals surface area contributed by atoms with Gasteiger partial charge in [-0.1, -0.05) is 0 Å². The molecule has 0 bridgehead atoms. The first-order valence-corrected chi connectivity index (χ1v) is 5.91. The molecule has 0 atom stereocenters. The zero-order valence-corrected chi connectivity index (χ0v) is 10.1. The topological polar surface area (TPSA) is 47.8 Å². The summed E-state index contributed by atoms with van der Waals surface area (Å²) < 4.78 is 1.70. The fourth-order valence-electron chi connectivity index (χ4n) is 1.54. The Morgan fingerprint density at radius 1 is 1.50 bits per heavy atom. The predicted molar refractivity (Wildman–Crippen MR) is 62.5 cm³/mol. The molecule has 0 aliphatic rings. The standard InChI is InChI=1S/C11H13N3OS/c1-8-13-10(7-16-8)4-11(15)3-9-5-12-14(2)6-9/h5-7H,3-4H2,1-2H3. The van der Waals surface area contributed by atoms with Crippen molar-refractivity contribution in [2.75, 3.05) is 0 Å². The molecular weight excluding hydrogens is 222 g/mol. The highest BCUT2D eigenvalue weighted by Gasteiger charge is 2.08. The Bertz CT molecular complexity index is 457. The van der Waals surface area contributed by atoms with Crippen LogP contribution in [0.25, 0.3) is 0 Å². The molecule has 0 radical (unpaired) electrons. The van der Waals surface area contributed by atoms with Crippen LogP contribution >= 0.6 is 11.3 Å². The molecule has 0 N–H and O–H groups in total. The van der Waals surface area contributed by atoms with Gasteiger partial charge in [0, 0.05) is 31.5 Å². The van der Waals surface area contributed by atoms with Gasteiger partial charge in [0.25, 0.3) is 0 Å². The molecule has 0 saturated heterocycles. The number of rotatable bonds is 4. The first-order valence-electron chi connectivity index (χ1n) is 5.04. The van der Waals surface area contributed by atoms with E-state index in [1.807, 2.05) is 25.5 Å². The van der Waals surface area contributed by atoms with E-state index in [-0.39, 0.29) is 5.78 Å². The molecule has 0 amide bonds. The van der Waals surface area contributed by atoms with Crippen LogP contribution in [0, 0.1) is 6.92 Å². The van der Waals surface area contributed by atoms with E-state index >= 15 is 0 Å². The highest BCUT2D eigenvalue weighted by atomic mass is 32.1. The van der Waals surface area contributed by atoms with Gasteiger partial charge in [0.1, 0.15) is 5.78 Å². The van der Waals surface area contributed by atoms with Gasteiger partial charge >= 0.3 is 0 Å². The zero-order chi connectivity index (χ0) is 11.5. The SMILES string of the molecule is Cc1nc(CC(=O)Cc2cnn(C)c2)cs1. The summed E-state index contributed by atoms with van der Waals surface area (Å²) in [6, 6.07) is 0. The predicted octanol–water partition coefficient (Wildman–Crippen LogP) is 1.54. The van der Waals surface area contributed by atoms with Crippen LogP contribution in [0.15, 0.2) is 17.8 Å². The molecule has 2 heterocycles. The fraction of sp³-hybridized carbons (Fsp3) is 0.364. The minimum absolute atomic E-state index is 0.179. The first kappa shape index (κ1) is 11.0. The van der Waals surface area contributed by atoms with Gasteiger partial charge in [0.2, 0.25) is 0 Å². The van der Waals surface area contributed by atoms with Crippen molar-refractivity contribution in [3.63, 3.8) is 0 Å². The van der Waals surface area contributed by atoms with Crippen molar-refractivity contribution in [1.82, 2.24) is 14.8 Å². The Morgan fingerprint density at radius 2 is 2.31 bits per heavy atom. The maximum atomic E-state index is 11.7. The van der Waals surface area contributed by atoms with Crippen LogP contribution in [-0.4, -0.2) is 20.5 Å². The van der Waals surface area contributed by atoms with Crippen LogP contribution in [0.4, 0.5) is 0 Å². The molecule has 4 nitrogen and oxygen atoms in total. The summed E-state index contributed by atoms with van der Waals surface area (Å²) >= 11 is 1.58. The Morgan fingerprint density at radius 3 is 2.88 bits per heavy atom. The molecule has 2 aromatic heterocycles. The van der Waals surface area contributed by atoms with E-state index in [4.69, 9.17) is 0 Å². The van der Waals surface area contributed by atoms with E-state index in [0.717, 1.165) is 16.3 Å². The molecule has 2 aromatic rings. The highest BCUT2D eigenvalue weighted by molar-refractivity contribution is 7.09. The number of nitrogens with zero attached hydrogens (tertiary/aromatic N) is 3. The maximum Gasteiger partial charge on any atom is 0.143 e. The summed E-state index contributed by atoms with van der Waals surface area (Å²) in [4.78, 5) is 16.0. The number of ketones is 1. The van der Waals surface area contributed by atoms with Crippen LogP contribution in [-0.2, 0) is 24.7 Å². The molecule has 0 saturated carbocycles. The van der Waals surface area contributed by atoms with Gasteiger partial charge in [0.15, 0.2) is 0 Å². The number of hydrogen-bond donors (Lipinski definition) is 0. The van der Waals surface area contributed by atoms with Crippen LogP contribution in [0.1, 0.15) is 16.3 Å². The maximum absolute atomic E-state index is 11.7. The van der Waals surface area contributed by atoms with Gasteiger partial charge in [0.05, 0.1) is 16.9 Å². The van der Waals surface area contributed by atoms with Gasteiger partial charge in [-0.2, -0.15) is 5.10 Å². The van der Waals surface area contributed by atoms with Gasteiger partial charge in [-0.3, -0.25) is 9.48 Å². The Balaban J connectivity index is 1.94. The average molecular weight is 235 g/mol. The van der Waals surface area contributed by atoms with E-state index in [0.29, 0.717) is 12.8 Å². The van der Waals surface area contributed by atoms with Crippen molar-refractivity contribution in [2.24, 2.45) is 7.05 Å². The highest BCUT2D eigenvalue weighted by Crippen LogP contribution is 2.10. The smallest absolute Gasteiger partial charge is 0.143 e. The first-order chi connectivity index (χ1) is 7.63. The van der Waals surface area contributed by atoms with Crippen LogP contribution < -0.4 is 0 Å². The van der Waals surface area contributed by atoms with Crippen molar-refractivity contribution < 1.29 is 4.79 Å². The lowest BCUT2D eigenvalue weighted by Gasteiger charge is -1.95. The molecule has 0 aliphatic heterocycles. The summed E-state index contributed by atoms with van der Waals surface area (Å²) in [7, 11) is 1.85. The minimum atomic E-state index is 0.179. The van der Waals surface area contributed by atoms with Gasteiger partial charge in [-0.05, 0) is 12.5 Å². The summed E-state index contributed by atoms with van der Waals surface area (Å²) in [6.07, 6.45) is 4.44. The summed E-state index contributed by atoms with van der Waals surface area (Å²) in [6.45, 7) is 1.94. The second kappa shape index (κ2) is 4.57. The van der Waals surface area contributed by atoms with Gasteiger partial charge in [-0.15, -0.1) is 11.3 Å².